The highest BCUT2D eigenvalue weighted by atomic mass is 16.5. The second-order valence-electron chi connectivity index (χ2n) is 3.98. The van der Waals surface area contributed by atoms with Crippen molar-refractivity contribution in [2.45, 2.75) is 13.3 Å². The number of fused-ring (bicyclic) bond motifs is 1. The van der Waals surface area contributed by atoms with Gasteiger partial charge in [-0.3, -0.25) is 10.1 Å². The Morgan fingerprint density at radius 3 is 3.06 bits per heavy atom. The van der Waals surface area contributed by atoms with Crippen molar-refractivity contribution < 1.29 is 4.74 Å². The van der Waals surface area contributed by atoms with Crippen LogP contribution in [0.25, 0.3) is 10.9 Å². The zero-order valence-electron chi connectivity index (χ0n) is 9.97. The minimum Gasteiger partial charge on any atom is -0.456 e. The van der Waals surface area contributed by atoms with Gasteiger partial charge in [0, 0.05) is 17.6 Å². The molecule has 18 heavy (non-hydrogen) atoms. The van der Waals surface area contributed by atoms with Crippen molar-refractivity contribution in [3.63, 3.8) is 0 Å². The van der Waals surface area contributed by atoms with Crippen LogP contribution in [0.1, 0.15) is 12.5 Å². The molecule has 0 aliphatic rings. The van der Waals surface area contributed by atoms with Crippen molar-refractivity contribution >= 4 is 10.9 Å². The Morgan fingerprint density at radius 2 is 2.28 bits per heavy atom. The summed E-state index contributed by atoms with van der Waals surface area (Å²) in [5, 5.41) is 7.88. The van der Waals surface area contributed by atoms with Gasteiger partial charge in [-0.25, -0.2) is 0 Å². The Hall–Kier alpha value is -2.36. The molecule has 0 aliphatic heterocycles. The van der Waals surface area contributed by atoms with Crippen LogP contribution in [0, 0.1) is 6.20 Å². The maximum absolute atomic E-state index is 5.77. The molecule has 2 aromatic heterocycles. The van der Waals surface area contributed by atoms with Crippen LogP contribution < -0.4 is 4.74 Å². The van der Waals surface area contributed by atoms with E-state index in [4.69, 9.17) is 4.74 Å². The molecule has 0 atom stereocenters. The first-order valence-corrected chi connectivity index (χ1v) is 5.83. The molecule has 3 aromatic rings. The third-order valence-corrected chi connectivity index (χ3v) is 2.79. The van der Waals surface area contributed by atoms with E-state index in [1.54, 1.807) is 12.4 Å². The van der Waals surface area contributed by atoms with E-state index in [2.05, 4.69) is 28.3 Å². The molecule has 4 nitrogen and oxygen atoms in total. The van der Waals surface area contributed by atoms with E-state index < -0.39 is 0 Å². The van der Waals surface area contributed by atoms with Crippen molar-refractivity contribution in [2.24, 2.45) is 0 Å². The number of aromatic amines is 1. The fraction of sp³-hybridized carbons (Fsp3) is 0.143. The number of pyridine rings is 1. The molecule has 4 heteroatoms. The van der Waals surface area contributed by atoms with Crippen molar-refractivity contribution in [1.82, 2.24) is 15.2 Å². The zero-order valence-corrected chi connectivity index (χ0v) is 9.97. The standard InChI is InChI=1S/C14H12N3O/c1-2-10-6-12(7-14-13(10)9-16-17-14)18-11-4-3-5-15-8-11/h3-8H,2H2,1H3,(H,16,17). The minimum absolute atomic E-state index is 0.724. The Morgan fingerprint density at radius 1 is 1.33 bits per heavy atom. The fourth-order valence-corrected chi connectivity index (χ4v) is 1.92. The number of ether oxygens (including phenoxy) is 1. The first-order chi connectivity index (χ1) is 8.86. The predicted octanol–water partition coefficient (Wildman–Crippen LogP) is 3.11. The quantitative estimate of drug-likeness (QED) is 0.762. The second kappa shape index (κ2) is 4.49. The normalized spacial score (nSPS) is 10.7. The summed E-state index contributed by atoms with van der Waals surface area (Å²) in [7, 11) is 0. The van der Waals surface area contributed by atoms with Gasteiger partial charge in [-0.15, -0.1) is 0 Å². The highest BCUT2D eigenvalue weighted by molar-refractivity contribution is 5.82. The van der Waals surface area contributed by atoms with Crippen LogP contribution in [-0.4, -0.2) is 15.2 Å². The summed E-state index contributed by atoms with van der Waals surface area (Å²) in [5.41, 5.74) is 2.10. The molecular weight excluding hydrogens is 226 g/mol. The van der Waals surface area contributed by atoms with Gasteiger partial charge in [-0.1, -0.05) is 6.92 Å². The van der Waals surface area contributed by atoms with Gasteiger partial charge in [0.05, 0.1) is 11.7 Å². The van der Waals surface area contributed by atoms with Crippen LogP contribution in [0.4, 0.5) is 0 Å². The molecule has 0 fully saturated rings. The van der Waals surface area contributed by atoms with E-state index in [1.165, 1.54) is 5.56 Å². The van der Waals surface area contributed by atoms with Gasteiger partial charge >= 0.3 is 0 Å². The lowest BCUT2D eigenvalue weighted by atomic mass is 10.1. The van der Waals surface area contributed by atoms with Gasteiger partial charge in [0.15, 0.2) is 0 Å². The van der Waals surface area contributed by atoms with Crippen LogP contribution in [0.2, 0.25) is 0 Å². The molecular formula is C14H12N3O. The van der Waals surface area contributed by atoms with E-state index in [-0.39, 0.29) is 0 Å². The zero-order chi connectivity index (χ0) is 12.4. The van der Waals surface area contributed by atoms with E-state index >= 15 is 0 Å². The summed E-state index contributed by atoms with van der Waals surface area (Å²) in [6.07, 6.45) is 7.28. The highest BCUT2D eigenvalue weighted by Gasteiger charge is 2.06. The first kappa shape index (κ1) is 10.8. The van der Waals surface area contributed by atoms with E-state index in [1.807, 2.05) is 24.3 Å². The smallest absolute Gasteiger partial charge is 0.145 e. The molecule has 0 bridgehead atoms. The predicted molar refractivity (Wildman–Crippen MR) is 68.6 cm³/mol. The maximum Gasteiger partial charge on any atom is 0.145 e. The fourth-order valence-electron chi connectivity index (χ4n) is 1.92. The van der Waals surface area contributed by atoms with Crippen LogP contribution in [-0.2, 0) is 6.42 Å². The van der Waals surface area contributed by atoms with Crippen LogP contribution in [0.5, 0.6) is 11.5 Å². The van der Waals surface area contributed by atoms with Gasteiger partial charge in [0.25, 0.3) is 0 Å². The van der Waals surface area contributed by atoms with Gasteiger partial charge in [0.1, 0.15) is 17.7 Å². The van der Waals surface area contributed by atoms with Crippen molar-refractivity contribution in [1.29, 1.82) is 0 Å². The summed E-state index contributed by atoms with van der Waals surface area (Å²) in [6, 6.07) is 7.66. The number of aromatic nitrogens is 3. The van der Waals surface area contributed by atoms with Crippen LogP contribution in [0.3, 0.4) is 0 Å². The first-order valence-electron chi connectivity index (χ1n) is 5.83. The van der Waals surface area contributed by atoms with E-state index in [0.29, 0.717) is 0 Å². The Kier molecular flexibility index (Phi) is 2.68. The molecule has 0 saturated heterocycles. The molecule has 1 N–H and O–H groups in total. The number of nitrogens with zero attached hydrogens (tertiary/aromatic N) is 2. The molecule has 1 radical (unpaired) electrons. The number of hydrogen-bond donors (Lipinski definition) is 1. The number of rotatable bonds is 3. The average Bonchev–Trinajstić information content (AvgIpc) is 2.87. The number of hydrogen-bond acceptors (Lipinski definition) is 3. The molecule has 2 heterocycles. The SMILES string of the molecule is CCc1cc(Oc2cccnc2)cc2[nH]n[c]c12. The molecule has 89 valence electrons. The highest BCUT2D eigenvalue weighted by Crippen LogP contribution is 2.27. The monoisotopic (exact) mass is 238 g/mol. The third-order valence-electron chi connectivity index (χ3n) is 2.79. The van der Waals surface area contributed by atoms with Gasteiger partial charge in [-0.05, 0) is 30.2 Å². The van der Waals surface area contributed by atoms with Gasteiger partial charge < -0.3 is 4.74 Å². The topological polar surface area (TPSA) is 50.8 Å². The number of nitrogens with one attached hydrogen (secondary N) is 1. The summed E-state index contributed by atoms with van der Waals surface area (Å²) < 4.78 is 5.77. The summed E-state index contributed by atoms with van der Waals surface area (Å²) >= 11 is 0. The Balaban J connectivity index is 2.02. The maximum atomic E-state index is 5.77. The summed E-state index contributed by atoms with van der Waals surface area (Å²) in [4.78, 5) is 4.02. The lowest BCUT2D eigenvalue weighted by Crippen LogP contribution is -1.88. The van der Waals surface area contributed by atoms with Crippen molar-refractivity contribution in [3.05, 3.63) is 48.4 Å². The largest absolute Gasteiger partial charge is 0.456 e. The molecule has 0 aliphatic carbocycles. The molecule has 0 spiro atoms. The lowest BCUT2D eigenvalue weighted by molar-refractivity contribution is 0.480. The number of aryl methyl sites for hydroxylation is 1. The van der Waals surface area contributed by atoms with E-state index in [9.17, 15) is 0 Å². The second-order valence-corrected chi connectivity index (χ2v) is 3.98. The number of H-pyrrole nitrogens is 1. The van der Waals surface area contributed by atoms with Crippen molar-refractivity contribution in [3.8, 4) is 11.5 Å². The van der Waals surface area contributed by atoms with Crippen LogP contribution >= 0.6 is 0 Å². The van der Waals surface area contributed by atoms with Gasteiger partial charge in [0.2, 0.25) is 0 Å². The van der Waals surface area contributed by atoms with Crippen LogP contribution in [0.15, 0.2) is 36.7 Å². The molecule has 0 saturated carbocycles. The molecule has 0 unspecified atom stereocenters. The van der Waals surface area contributed by atoms with Crippen molar-refractivity contribution in [2.75, 3.05) is 0 Å². The average molecular weight is 238 g/mol. The van der Waals surface area contributed by atoms with Gasteiger partial charge in [-0.2, -0.15) is 5.10 Å². The molecule has 1 aromatic carbocycles. The Labute approximate surface area is 105 Å². The summed E-state index contributed by atoms with van der Waals surface area (Å²) in [6.45, 7) is 2.10. The van der Waals surface area contributed by atoms with E-state index in [0.717, 1.165) is 28.8 Å². The summed E-state index contributed by atoms with van der Waals surface area (Å²) in [5.74, 6) is 1.51. The minimum atomic E-state index is 0.724. The number of benzene rings is 1. The molecule has 3 rings (SSSR count). The lowest BCUT2D eigenvalue weighted by Gasteiger charge is -2.07. The third kappa shape index (κ3) is 1.93. The molecule has 0 amide bonds. The Bertz CT molecular complexity index is 661.